The fourth-order valence-electron chi connectivity index (χ4n) is 3.14. The molecule has 0 atom stereocenters. The van der Waals surface area contributed by atoms with Crippen LogP contribution in [0.1, 0.15) is 16.8 Å². The van der Waals surface area contributed by atoms with Gasteiger partial charge in [0.25, 0.3) is 5.56 Å². The van der Waals surface area contributed by atoms with Crippen molar-refractivity contribution in [2.45, 2.75) is 37.1 Å². The van der Waals surface area contributed by atoms with Gasteiger partial charge in [-0.25, -0.2) is 8.42 Å². The van der Waals surface area contributed by atoms with E-state index in [1.165, 1.54) is 16.7 Å². The minimum absolute atomic E-state index is 0.0445. The maximum atomic E-state index is 13.1. The van der Waals surface area contributed by atoms with Gasteiger partial charge in [0.05, 0.1) is 4.90 Å². The third-order valence-corrected chi connectivity index (χ3v) is 7.13. The van der Waals surface area contributed by atoms with Crippen molar-refractivity contribution in [1.82, 2.24) is 4.57 Å². The zero-order valence-electron chi connectivity index (χ0n) is 16.8. The fourth-order valence-corrected chi connectivity index (χ4v) is 4.96. The Morgan fingerprint density at radius 1 is 1.00 bits per heavy atom. The van der Waals surface area contributed by atoms with Gasteiger partial charge >= 0.3 is 0 Å². The number of hydrogen-bond donors (Lipinski definition) is 1. The number of rotatable bonds is 5. The van der Waals surface area contributed by atoms with Crippen molar-refractivity contribution in [3.05, 3.63) is 86.2 Å². The van der Waals surface area contributed by atoms with Gasteiger partial charge in [-0.1, -0.05) is 33.6 Å². The highest BCUT2D eigenvalue weighted by Gasteiger charge is 2.26. The van der Waals surface area contributed by atoms with Crippen molar-refractivity contribution in [3.8, 4) is 0 Å². The molecule has 30 heavy (non-hydrogen) atoms. The second-order valence-electron chi connectivity index (χ2n) is 7.06. The molecule has 0 spiro atoms. The first-order valence-electron chi connectivity index (χ1n) is 9.18. The first kappa shape index (κ1) is 22.0. The molecule has 0 bridgehead atoms. The summed E-state index contributed by atoms with van der Waals surface area (Å²) in [6.07, 6.45) is 0. The molecule has 2 aromatic carbocycles. The predicted molar refractivity (Wildman–Crippen MR) is 120 cm³/mol. The number of carbonyl (C=O) groups is 1. The van der Waals surface area contributed by atoms with Crippen LogP contribution in [0.2, 0.25) is 0 Å². The van der Waals surface area contributed by atoms with Gasteiger partial charge in [0.2, 0.25) is 15.7 Å². The molecule has 156 valence electrons. The van der Waals surface area contributed by atoms with Gasteiger partial charge in [-0.2, -0.15) is 0 Å². The molecule has 8 heteroatoms. The maximum absolute atomic E-state index is 13.1. The summed E-state index contributed by atoms with van der Waals surface area (Å²) in [5.41, 5.74) is 1.64. The van der Waals surface area contributed by atoms with Crippen LogP contribution < -0.4 is 10.9 Å². The first-order chi connectivity index (χ1) is 14.1. The lowest BCUT2D eigenvalue weighted by atomic mass is 10.2. The Kier molecular flexibility index (Phi) is 6.28. The summed E-state index contributed by atoms with van der Waals surface area (Å²) < 4.78 is 28.3. The smallest absolute Gasteiger partial charge is 0.270 e. The lowest BCUT2D eigenvalue weighted by Crippen LogP contribution is -2.33. The molecule has 0 aliphatic rings. The Labute approximate surface area is 183 Å². The van der Waals surface area contributed by atoms with Gasteiger partial charge < -0.3 is 9.88 Å². The topological polar surface area (TPSA) is 85.2 Å². The van der Waals surface area contributed by atoms with Crippen molar-refractivity contribution < 1.29 is 13.2 Å². The van der Waals surface area contributed by atoms with Gasteiger partial charge in [-0.15, -0.1) is 0 Å². The van der Waals surface area contributed by atoms with Crippen LogP contribution in [-0.2, 0) is 21.2 Å². The van der Waals surface area contributed by atoms with Crippen LogP contribution >= 0.6 is 15.9 Å². The van der Waals surface area contributed by atoms with Gasteiger partial charge in [-0.3, -0.25) is 9.59 Å². The number of hydrogen-bond acceptors (Lipinski definition) is 4. The van der Waals surface area contributed by atoms with E-state index in [-0.39, 0.29) is 16.3 Å². The molecule has 0 saturated heterocycles. The molecule has 1 heterocycles. The number of aromatic nitrogens is 1. The maximum Gasteiger partial charge on any atom is 0.270 e. The van der Waals surface area contributed by atoms with E-state index in [1.807, 2.05) is 6.92 Å². The molecule has 1 aromatic heterocycles. The van der Waals surface area contributed by atoms with Crippen LogP contribution in [0, 0.1) is 20.8 Å². The number of anilines is 1. The number of sulfone groups is 1. The van der Waals surface area contributed by atoms with E-state index >= 15 is 0 Å². The monoisotopic (exact) mass is 488 g/mol. The molecular formula is C22H21BrN2O4S. The Morgan fingerprint density at radius 2 is 1.60 bits per heavy atom. The third-order valence-electron chi connectivity index (χ3n) is 4.68. The van der Waals surface area contributed by atoms with E-state index in [2.05, 4.69) is 21.2 Å². The molecule has 0 radical (unpaired) electrons. The third kappa shape index (κ3) is 4.55. The summed E-state index contributed by atoms with van der Waals surface area (Å²) in [7, 11) is -4.03. The summed E-state index contributed by atoms with van der Waals surface area (Å²) >= 11 is 3.33. The molecule has 0 aliphatic heterocycles. The molecule has 0 saturated carbocycles. The SMILES string of the molecule is Cc1ccc(S(=O)(=O)c2c(C)cc(C)n(CC(=O)Nc3ccc(Br)cc3)c2=O)cc1. The van der Waals surface area contributed by atoms with Crippen LogP contribution in [-0.4, -0.2) is 18.9 Å². The summed E-state index contributed by atoms with van der Waals surface area (Å²) in [5.74, 6) is -0.426. The largest absolute Gasteiger partial charge is 0.325 e. The molecule has 0 aliphatic carbocycles. The van der Waals surface area contributed by atoms with Gasteiger partial charge in [0, 0.05) is 15.9 Å². The number of amides is 1. The first-order valence-corrected chi connectivity index (χ1v) is 11.5. The van der Waals surface area contributed by atoms with E-state index in [0.717, 1.165) is 10.0 Å². The Hall–Kier alpha value is -2.71. The average Bonchev–Trinajstić information content (AvgIpc) is 2.67. The lowest BCUT2D eigenvalue weighted by Gasteiger charge is -2.15. The number of carbonyl (C=O) groups excluding carboxylic acids is 1. The molecule has 0 unspecified atom stereocenters. The molecule has 3 aromatic rings. The minimum Gasteiger partial charge on any atom is -0.325 e. The highest BCUT2D eigenvalue weighted by Crippen LogP contribution is 2.22. The van der Waals surface area contributed by atoms with Crippen molar-refractivity contribution in [2.24, 2.45) is 0 Å². The number of nitrogens with zero attached hydrogens (tertiary/aromatic N) is 1. The second kappa shape index (κ2) is 8.57. The number of nitrogens with one attached hydrogen (secondary N) is 1. The lowest BCUT2D eigenvalue weighted by molar-refractivity contribution is -0.116. The van der Waals surface area contributed by atoms with E-state index in [0.29, 0.717) is 16.9 Å². The fraction of sp³-hybridized carbons (Fsp3) is 0.182. The zero-order chi connectivity index (χ0) is 22.1. The molecule has 1 amide bonds. The summed E-state index contributed by atoms with van der Waals surface area (Å²) in [4.78, 5) is 25.4. The summed E-state index contributed by atoms with van der Waals surface area (Å²) in [6, 6.07) is 14.9. The number of halogens is 1. The normalized spacial score (nSPS) is 11.3. The van der Waals surface area contributed by atoms with Gasteiger partial charge in [0.1, 0.15) is 11.4 Å². The van der Waals surface area contributed by atoms with E-state index < -0.39 is 21.3 Å². The van der Waals surface area contributed by atoms with Crippen molar-refractivity contribution in [1.29, 1.82) is 0 Å². The Bertz CT molecular complexity index is 1260. The molecule has 3 rings (SSSR count). The second-order valence-corrected chi connectivity index (χ2v) is 9.86. The van der Waals surface area contributed by atoms with Crippen molar-refractivity contribution in [3.63, 3.8) is 0 Å². The van der Waals surface area contributed by atoms with Crippen LogP contribution in [0.5, 0.6) is 0 Å². The molecule has 6 nitrogen and oxygen atoms in total. The highest BCUT2D eigenvalue weighted by molar-refractivity contribution is 9.10. The number of pyridine rings is 1. The highest BCUT2D eigenvalue weighted by atomic mass is 79.9. The average molecular weight is 489 g/mol. The van der Waals surface area contributed by atoms with Gasteiger partial charge in [-0.05, 0) is 68.8 Å². The van der Waals surface area contributed by atoms with Gasteiger partial charge in [0.15, 0.2) is 0 Å². The number of benzene rings is 2. The number of aryl methyl sites for hydroxylation is 3. The van der Waals surface area contributed by atoms with Crippen molar-refractivity contribution in [2.75, 3.05) is 5.32 Å². The summed E-state index contributed by atoms with van der Waals surface area (Å²) in [5, 5.41) is 2.71. The quantitative estimate of drug-likeness (QED) is 0.587. The minimum atomic E-state index is -4.03. The van der Waals surface area contributed by atoms with E-state index in [9.17, 15) is 18.0 Å². The molecule has 0 fully saturated rings. The standard InChI is InChI=1S/C22H21BrN2O4S/c1-14-4-10-19(11-5-14)30(28,29)21-15(2)12-16(3)25(22(21)27)13-20(26)24-18-8-6-17(23)7-9-18/h4-12H,13H2,1-3H3,(H,24,26). The van der Waals surface area contributed by atoms with Crippen LogP contribution in [0.15, 0.2) is 73.7 Å². The predicted octanol–water partition coefficient (Wildman–Crippen LogP) is 4.01. The Morgan fingerprint density at radius 3 is 2.20 bits per heavy atom. The Balaban J connectivity index is 1.99. The van der Waals surface area contributed by atoms with Crippen molar-refractivity contribution >= 4 is 37.4 Å². The van der Waals surface area contributed by atoms with Crippen LogP contribution in [0.25, 0.3) is 0 Å². The summed E-state index contributed by atoms with van der Waals surface area (Å²) in [6.45, 7) is 4.81. The van der Waals surface area contributed by atoms with Crippen LogP contribution in [0.3, 0.4) is 0 Å². The molecule has 1 N–H and O–H groups in total. The van der Waals surface area contributed by atoms with Crippen LogP contribution in [0.4, 0.5) is 5.69 Å². The zero-order valence-corrected chi connectivity index (χ0v) is 19.2. The van der Waals surface area contributed by atoms with E-state index in [1.54, 1.807) is 56.3 Å². The molecular weight excluding hydrogens is 468 g/mol. The van der Waals surface area contributed by atoms with E-state index in [4.69, 9.17) is 0 Å².